The molecule has 0 radical (unpaired) electrons. The fraction of sp³-hybridized carbons (Fsp3) is 0.750. The van der Waals surface area contributed by atoms with Crippen LogP contribution in [-0.2, 0) is 21.3 Å². The summed E-state index contributed by atoms with van der Waals surface area (Å²) < 4.78 is 31.7. The molecule has 2 saturated heterocycles. The molecule has 0 bridgehead atoms. The van der Waals surface area contributed by atoms with Crippen LogP contribution in [0.1, 0.15) is 38.2 Å². The van der Waals surface area contributed by atoms with Crippen molar-refractivity contribution in [1.29, 1.82) is 0 Å². The third kappa shape index (κ3) is 4.67. The zero-order valence-corrected chi connectivity index (χ0v) is 17.6. The van der Waals surface area contributed by atoms with Crippen LogP contribution in [0, 0.1) is 5.41 Å². The van der Waals surface area contributed by atoms with E-state index in [-0.39, 0.29) is 11.8 Å². The number of nitrogens with one attached hydrogen (secondary N) is 1. The minimum absolute atomic E-state index is 0.146. The Balaban J connectivity index is 1.26. The Morgan fingerprint density at radius 3 is 2.61 bits per heavy atom. The third-order valence-corrected chi connectivity index (χ3v) is 8.01. The fourth-order valence-corrected chi connectivity index (χ4v) is 5.62. The van der Waals surface area contributed by atoms with E-state index >= 15 is 0 Å². The summed E-state index contributed by atoms with van der Waals surface area (Å²) in [5, 5.41) is 0. The summed E-state index contributed by atoms with van der Waals surface area (Å²) in [5.41, 5.74) is 1.67. The number of likely N-dealkylation sites (tertiary alicyclic amines) is 1. The lowest BCUT2D eigenvalue weighted by molar-refractivity contribution is 0.0106. The molecular weight excluding hydrogens is 376 g/mol. The molecule has 1 spiro atoms. The summed E-state index contributed by atoms with van der Waals surface area (Å²) in [6.45, 7) is 8.19. The molecule has 28 heavy (non-hydrogen) atoms. The second-order valence-corrected chi connectivity index (χ2v) is 10.6. The van der Waals surface area contributed by atoms with Crippen molar-refractivity contribution in [3.05, 3.63) is 23.9 Å². The highest BCUT2D eigenvalue weighted by molar-refractivity contribution is 7.89. The van der Waals surface area contributed by atoms with Crippen molar-refractivity contribution in [1.82, 2.24) is 14.6 Å². The third-order valence-electron chi connectivity index (χ3n) is 6.55. The smallest absolute Gasteiger partial charge is 0.211 e. The number of hydrogen-bond acceptors (Lipinski definition) is 6. The predicted molar refractivity (Wildman–Crippen MR) is 110 cm³/mol. The molecule has 2 aliphatic heterocycles. The fourth-order valence-electron chi connectivity index (χ4n) is 4.78. The number of nitrogens with zero attached hydrogens (tertiary/aromatic N) is 3. The van der Waals surface area contributed by atoms with E-state index in [1.54, 1.807) is 6.92 Å². The van der Waals surface area contributed by atoms with Crippen molar-refractivity contribution >= 4 is 15.8 Å². The van der Waals surface area contributed by atoms with E-state index in [9.17, 15) is 8.42 Å². The maximum Gasteiger partial charge on any atom is 0.211 e. The number of aromatic nitrogens is 1. The van der Waals surface area contributed by atoms with Crippen LogP contribution < -0.4 is 9.62 Å². The molecule has 0 unspecified atom stereocenters. The van der Waals surface area contributed by atoms with Crippen molar-refractivity contribution in [2.45, 2.75) is 45.2 Å². The molecule has 0 atom stereocenters. The quantitative estimate of drug-likeness (QED) is 0.771. The molecule has 1 aliphatic carbocycles. The van der Waals surface area contributed by atoms with Crippen LogP contribution in [0.15, 0.2) is 18.3 Å². The van der Waals surface area contributed by atoms with Crippen molar-refractivity contribution < 1.29 is 13.2 Å². The van der Waals surface area contributed by atoms with Crippen LogP contribution in [0.25, 0.3) is 0 Å². The van der Waals surface area contributed by atoms with Crippen LogP contribution in [0.3, 0.4) is 0 Å². The number of ether oxygens (including phenoxy) is 1. The van der Waals surface area contributed by atoms with E-state index in [1.165, 1.54) is 18.4 Å². The summed E-state index contributed by atoms with van der Waals surface area (Å²) in [6.07, 6.45) is 6.24. The summed E-state index contributed by atoms with van der Waals surface area (Å²) >= 11 is 0. The van der Waals surface area contributed by atoms with Crippen LogP contribution in [0.2, 0.25) is 0 Å². The maximum atomic E-state index is 11.7. The van der Waals surface area contributed by atoms with Gasteiger partial charge in [-0.05, 0) is 68.8 Å². The number of pyridine rings is 1. The Hall–Kier alpha value is -1.22. The molecule has 7 nitrogen and oxygen atoms in total. The molecule has 1 N–H and O–H groups in total. The number of morpholine rings is 1. The van der Waals surface area contributed by atoms with E-state index in [1.807, 2.05) is 6.20 Å². The highest BCUT2D eigenvalue weighted by Crippen LogP contribution is 2.49. The molecule has 8 heteroatoms. The van der Waals surface area contributed by atoms with Gasteiger partial charge in [0.1, 0.15) is 5.82 Å². The van der Waals surface area contributed by atoms with Crippen LogP contribution in [0.4, 0.5) is 5.82 Å². The number of sulfonamides is 1. The normalized spacial score (nSPS) is 23.7. The van der Waals surface area contributed by atoms with Crippen molar-refractivity contribution in [3.8, 4) is 0 Å². The highest BCUT2D eigenvalue weighted by atomic mass is 32.2. The van der Waals surface area contributed by atoms with Gasteiger partial charge < -0.3 is 9.64 Å². The van der Waals surface area contributed by atoms with E-state index < -0.39 is 10.0 Å². The first-order valence-electron chi connectivity index (χ1n) is 10.5. The zero-order valence-electron chi connectivity index (χ0n) is 16.8. The first kappa shape index (κ1) is 20.1. The van der Waals surface area contributed by atoms with Gasteiger partial charge in [0.05, 0.1) is 19.0 Å². The Labute approximate surface area is 168 Å². The van der Waals surface area contributed by atoms with Gasteiger partial charge in [0, 0.05) is 31.9 Å². The highest BCUT2D eigenvalue weighted by Gasteiger charge is 2.46. The molecule has 3 heterocycles. The van der Waals surface area contributed by atoms with Crippen molar-refractivity contribution in [2.75, 3.05) is 50.0 Å². The van der Waals surface area contributed by atoms with Crippen LogP contribution in [-0.4, -0.2) is 69.5 Å². The van der Waals surface area contributed by atoms with Crippen molar-refractivity contribution in [3.63, 3.8) is 0 Å². The molecule has 1 aromatic rings. The van der Waals surface area contributed by atoms with Gasteiger partial charge in [-0.2, -0.15) is 0 Å². The average molecular weight is 409 g/mol. The summed E-state index contributed by atoms with van der Waals surface area (Å²) in [4.78, 5) is 9.36. The molecular formula is C20H32N4O3S. The van der Waals surface area contributed by atoms with Crippen LogP contribution in [0.5, 0.6) is 0 Å². The van der Waals surface area contributed by atoms with Gasteiger partial charge >= 0.3 is 0 Å². The first-order valence-corrected chi connectivity index (χ1v) is 12.1. The monoisotopic (exact) mass is 408 g/mol. The first-order chi connectivity index (χ1) is 13.5. The number of piperidine rings is 1. The minimum atomic E-state index is -3.08. The SMILES string of the molecule is CCS(=O)(=O)NC1CC2(CCN(Cc3ccnc(N4CCOCC4)c3)CC2)C1. The van der Waals surface area contributed by atoms with Gasteiger partial charge in [0.25, 0.3) is 0 Å². The summed E-state index contributed by atoms with van der Waals surface area (Å²) in [6, 6.07) is 4.48. The number of rotatable bonds is 6. The van der Waals surface area contributed by atoms with Crippen molar-refractivity contribution in [2.24, 2.45) is 5.41 Å². The van der Waals surface area contributed by atoms with Gasteiger partial charge in [0.15, 0.2) is 0 Å². The largest absolute Gasteiger partial charge is 0.378 e. The second kappa shape index (κ2) is 8.26. The average Bonchev–Trinajstić information content (AvgIpc) is 2.69. The van der Waals surface area contributed by atoms with E-state index in [0.29, 0.717) is 5.41 Å². The summed E-state index contributed by atoms with van der Waals surface area (Å²) in [5.74, 6) is 1.22. The minimum Gasteiger partial charge on any atom is -0.378 e. The molecule has 4 rings (SSSR count). The molecule has 1 saturated carbocycles. The topological polar surface area (TPSA) is 74.8 Å². The van der Waals surface area contributed by atoms with E-state index in [4.69, 9.17) is 4.74 Å². The molecule has 1 aromatic heterocycles. The standard InChI is InChI=1S/C20H32N4O3S/c1-2-28(25,26)22-18-14-20(15-18)4-7-23(8-5-20)16-17-3-6-21-19(13-17)24-9-11-27-12-10-24/h3,6,13,18,22H,2,4-5,7-12,14-16H2,1H3. The second-order valence-electron chi connectivity index (χ2n) is 8.52. The van der Waals surface area contributed by atoms with Gasteiger partial charge in [-0.1, -0.05) is 0 Å². The van der Waals surface area contributed by atoms with E-state index in [0.717, 1.165) is 64.6 Å². The summed E-state index contributed by atoms with van der Waals surface area (Å²) in [7, 11) is -3.08. The number of anilines is 1. The van der Waals surface area contributed by atoms with E-state index in [2.05, 4.69) is 31.6 Å². The Kier molecular flexibility index (Phi) is 5.92. The molecule has 0 aromatic carbocycles. The predicted octanol–water partition coefficient (Wildman–Crippen LogP) is 1.60. The lowest BCUT2D eigenvalue weighted by Crippen LogP contribution is -2.54. The number of hydrogen-bond donors (Lipinski definition) is 1. The van der Waals surface area contributed by atoms with Gasteiger partial charge in [0.2, 0.25) is 10.0 Å². The lowest BCUT2D eigenvalue weighted by Gasteiger charge is -2.52. The lowest BCUT2D eigenvalue weighted by atomic mass is 9.60. The van der Waals surface area contributed by atoms with Gasteiger partial charge in [-0.15, -0.1) is 0 Å². The molecule has 0 amide bonds. The Morgan fingerprint density at radius 1 is 1.21 bits per heavy atom. The molecule has 3 aliphatic rings. The Morgan fingerprint density at radius 2 is 1.93 bits per heavy atom. The van der Waals surface area contributed by atoms with Gasteiger partial charge in [-0.25, -0.2) is 18.1 Å². The molecule has 3 fully saturated rings. The molecule has 156 valence electrons. The van der Waals surface area contributed by atoms with Gasteiger partial charge in [-0.3, -0.25) is 4.90 Å². The zero-order chi connectivity index (χ0) is 19.6. The van der Waals surface area contributed by atoms with Crippen LogP contribution >= 0.6 is 0 Å². The maximum absolute atomic E-state index is 11.7. The Bertz CT molecular complexity index is 763.